The summed E-state index contributed by atoms with van der Waals surface area (Å²) >= 11 is 1.88. The average molecular weight is 839 g/mol. The molecule has 0 saturated heterocycles. The molecule has 4 heterocycles. The lowest BCUT2D eigenvalue weighted by molar-refractivity contribution is 0.444. The monoisotopic (exact) mass is 838 g/mol. The highest BCUT2D eigenvalue weighted by Crippen LogP contribution is 2.43. The third-order valence-electron chi connectivity index (χ3n) is 14.3. The van der Waals surface area contributed by atoms with Crippen LogP contribution in [0.5, 0.6) is 0 Å². The molecule has 13 aromatic rings. The van der Waals surface area contributed by atoms with Gasteiger partial charge < -0.3 is 13.6 Å². The zero-order chi connectivity index (χ0) is 41.9. The Morgan fingerprint density at radius 2 is 0.938 bits per heavy atom. The Bertz CT molecular complexity index is 4020. The van der Waals surface area contributed by atoms with Gasteiger partial charge in [0.05, 0.1) is 22.1 Å². The summed E-state index contributed by atoms with van der Waals surface area (Å²) in [5, 5.41) is 10.1. The van der Waals surface area contributed by atoms with Gasteiger partial charge in [0.1, 0.15) is 11.2 Å². The highest BCUT2D eigenvalue weighted by Gasteiger charge is 2.21. The number of thiophene rings is 1. The third kappa shape index (κ3) is 5.52. The second-order valence-electron chi connectivity index (χ2n) is 17.9. The molecule has 0 radical (unpaired) electrons. The van der Waals surface area contributed by atoms with Gasteiger partial charge in [-0.3, -0.25) is 0 Å². The summed E-state index contributed by atoms with van der Waals surface area (Å²) in [5.41, 5.74) is 15.4. The van der Waals surface area contributed by atoms with Gasteiger partial charge in [0.2, 0.25) is 0 Å². The van der Waals surface area contributed by atoms with Crippen molar-refractivity contribution in [1.82, 2.24) is 9.13 Å². The smallest absolute Gasteiger partial charge is 0.135 e. The predicted octanol–water partition coefficient (Wildman–Crippen LogP) is 17.5. The molecule has 1 aliphatic carbocycles. The summed E-state index contributed by atoms with van der Waals surface area (Å²) in [7, 11) is 0. The van der Waals surface area contributed by atoms with Gasteiger partial charge in [-0.15, -0.1) is 11.3 Å². The van der Waals surface area contributed by atoms with Crippen LogP contribution in [0.1, 0.15) is 43.6 Å². The zero-order valence-electron chi connectivity index (χ0n) is 35.2. The molecule has 1 saturated carbocycles. The lowest BCUT2D eigenvalue weighted by atomic mass is 9.83. The zero-order valence-corrected chi connectivity index (χ0v) is 36.0. The Kier molecular flexibility index (Phi) is 7.93. The van der Waals surface area contributed by atoms with Crippen LogP contribution in [-0.2, 0) is 0 Å². The van der Waals surface area contributed by atoms with Gasteiger partial charge in [-0.25, -0.2) is 0 Å². The summed E-state index contributed by atoms with van der Waals surface area (Å²) in [6.45, 7) is 0. The fraction of sp³-hybridized carbons (Fsp3) is 0.100. The number of hydrogen-bond donors (Lipinski definition) is 0. The van der Waals surface area contributed by atoms with Crippen molar-refractivity contribution in [2.24, 2.45) is 0 Å². The summed E-state index contributed by atoms with van der Waals surface area (Å²) in [5.74, 6) is 0.633. The van der Waals surface area contributed by atoms with Crippen LogP contribution in [0.3, 0.4) is 0 Å². The van der Waals surface area contributed by atoms with Gasteiger partial charge in [0, 0.05) is 63.9 Å². The fourth-order valence-electron chi connectivity index (χ4n) is 11.2. The Hall–Kier alpha value is -7.40. The number of furan rings is 1. The van der Waals surface area contributed by atoms with E-state index in [9.17, 15) is 0 Å². The van der Waals surface area contributed by atoms with Crippen molar-refractivity contribution in [3.63, 3.8) is 0 Å². The number of nitrogens with zero attached hydrogens (tertiary/aromatic N) is 2. The molecule has 0 atom stereocenters. The molecule has 0 aliphatic heterocycles. The van der Waals surface area contributed by atoms with E-state index >= 15 is 0 Å². The number of para-hydroxylation sites is 2. The second kappa shape index (κ2) is 14.1. The van der Waals surface area contributed by atoms with Crippen LogP contribution in [0, 0.1) is 0 Å². The number of fused-ring (bicyclic) bond motifs is 12. The van der Waals surface area contributed by atoms with Crippen LogP contribution in [0.25, 0.3) is 119 Å². The van der Waals surface area contributed by atoms with Gasteiger partial charge in [-0.2, -0.15) is 0 Å². The van der Waals surface area contributed by atoms with Crippen LogP contribution < -0.4 is 0 Å². The Balaban J connectivity index is 0.914. The summed E-state index contributed by atoms with van der Waals surface area (Å²) < 4.78 is 13.8. The van der Waals surface area contributed by atoms with Crippen LogP contribution in [0.15, 0.2) is 192 Å². The van der Waals surface area contributed by atoms with Gasteiger partial charge in [0.25, 0.3) is 0 Å². The van der Waals surface area contributed by atoms with E-state index in [1.165, 1.54) is 129 Å². The molecule has 304 valence electrons. The van der Waals surface area contributed by atoms with E-state index < -0.39 is 0 Å². The highest BCUT2D eigenvalue weighted by atomic mass is 32.1. The summed E-state index contributed by atoms with van der Waals surface area (Å²) in [6.07, 6.45) is 6.58. The van der Waals surface area contributed by atoms with E-state index in [2.05, 4.69) is 185 Å². The van der Waals surface area contributed by atoms with Gasteiger partial charge in [-0.05, 0) is 144 Å². The average Bonchev–Trinajstić information content (AvgIpc) is 4.11. The largest absolute Gasteiger partial charge is 0.456 e. The lowest BCUT2D eigenvalue weighted by Crippen LogP contribution is -2.04. The van der Waals surface area contributed by atoms with Crippen LogP contribution >= 0.6 is 11.3 Å². The third-order valence-corrected chi connectivity index (χ3v) is 15.5. The van der Waals surface area contributed by atoms with Gasteiger partial charge >= 0.3 is 0 Å². The molecule has 1 aliphatic rings. The quantitative estimate of drug-likeness (QED) is 0.169. The minimum Gasteiger partial charge on any atom is -0.456 e. The first kappa shape index (κ1) is 36.1. The van der Waals surface area contributed by atoms with E-state index in [-0.39, 0.29) is 0 Å². The maximum Gasteiger partial charge on any atom is 0.135 e. The first-order valence-electron chi connectivity index (χ1n) is 22.8. The molecule has 0 unspecified atom stereocenters. The van der Waals surface area contributed by atoms with Crippen molar-refractivity contribution in [1.29, 1.82) is 0 Å². The van der Waals surface area contributed by atoms with Crippen molar-refractivity contribution < 1.29 is 4.42 Å². The van der Waals surface area contributed by atoms with Crippen LogP contribution in [0.4, 0.5) is 0 Å². The maximum absolute atomic E-state index is 6.17. The van der Waals surface area contributed by atoms with E-state index in [4.69, 9.17) is 4.42 Å². The second-order valence-corrected chi connectivity index (χ2v) is 19.0. The first-order chi connectivity index (χ1) is 31.7. The SMILES string of the molecule is c1cc(-c2ccc3oc4ccccc4c3c2)cc(-n2c3ccccc3c3cc(-c4ccc5c(c4)c4cc(C6CCCCC6)ccc4n5-c4ccc5sc6ccccc6c5c4)ccc32)c1. The number of benzene rings is 9. The maximum atomic E-state index is 6.17. The normalized spacial score (nSPS) is 13.9. The highest BCUT2D eigenvalue weighted by molar-refractivity contribution is 7.25. The van der Waals surface area contributed by atoms with Gasteiger partial charge in [-0.1, -0.05) is 110 Å². The molecule has 0 bridgehead atoms. The van der Waals surface area contributed by atoms with Crippen LogP contribution in [-0.4, -0.2) is 9.13 Å². The standard InChI is InChI=1S/C60H42N2OS/c1-2-11-37(12-3-1)39-21-26-55-49(32-39)50-34-41(23-28-56(50)62(55)44-25-30-60-52(36-44)47-17-6-9-20-59(47)64-60)40-22-27-54-48(33-40)45-15-4-7-18-53(45)61(54)43-14-10-13-38(31-43)42-24-29-58-51(35-42)46-16-5-8-19-57(46)63-58/h4-10,13-37H,1-3,11-12H2. The Morgan fingerprint density at radius 3 is 1.75 bits per heavy atom. The predicted molar refractivity (Wildman–Crippen MR) is 272 cm³/mol. The molecule has 1 fully saturated rings. The molecule has 0 amide bonds. The molecule has 9 aromatic carbocycles. The molecule has 0 N–H and O–H groups in total. The van der Waals surface area contributed by atoms with E-state index in [0.29, 0.717) is 5.92 Å². The van der Waals surface area contributed by atoms with E-state index in [0.717, 1.165) is 27.6 Å². The molecule has 3 nitrogen and oxygen atoms in total. The van der Waals surface area contributed by atoms with Crippen molar-refractivity contribution in [3.8, 4) is 33.6 Å². The minimum absolute atomic E-state index is 0.633. The number of hydrogen-bond acceptors (Lipinski definition) is 2. The lowest BCUT2D eigenvalue weighted by Gasteiger charge is -2.22. The molecule has 0 spiro atoms. The molecule has 4 heteroatoms. The van der Waals surface area contributed by atoms with Crippen molar-refractivity contribution in [2.45, 2.75) is 38.0 Å². The molecular weight excluding hydrogens is 797 g/mol. The Morgan fingerprint density at radius 1 is 0.359 bits per heavy atom. The molecule has 14 rings (SSSR count). The number of aromatic nitrogens is 2. The first-order valence-corrected chi connectivity index (χ1v) is 23.6. The fourth-order valence-corrected chi connectivity index (χ4v) is 12.3. The summed E-state index contributed by atoms with van der Waals surface area (Å²) in [4.78, 5) is 0. The number of rotatable bonds is 5. The Labute approximate surface area is 374 Å². The molecular formula is C60H42N2OS. The minimum atomic E-state index is 0.633. The van der Waals surface area contributed by atoms with Crippen molar-refractivity contribution >= 4 is 97.1 Å². The summed E-state index contributed by atoms with van der Waals surface area (Å²) in [6, 6.07) is 70.1. The van der Waals surface area contributed by atoms with Crippen molar-refractivity contribution in [2.75, 3.05) is 0 Å². The van der Waals surface area contributed by atoms with E-state index in [1.807, 2.05) is 23.5 Å². The van der Waals surface area contributed by atoms with Crippen LogP contribution in [0.2, 0.25) is 0 Å². The molecule has 4 aromatic heterocycles. The van der Waals surface area contributed by atoms with Crippen molar-refractivity contribution in [3.05, 3.63) is 194 Å². The topological polar surface area (TPSA) is 23.0 Å². The van der Waals surface area contributed by atoms with Gasteiger partial charge in [0.15, 0.2) is 0 Å². The molecule has 64 heavy (non-hydrogen) atoms. The van der Waals surface area contributed by atoms with E-state index in [1.54, 1.807) is 0 Å².